The van der Waals surface area contributed by atoms with Crippen molar-refractivity contribution in [3.8, 4) is 0 Å². The minimum atomic E-state index is -4.77. The highest BCUT2D eigenvalue weighted by atomic mass is 79.9. The lowest BCUT2D eigenvalue weighted by Gasteiger charge is -2.33. The lowest BCUT2D eigenvalue weighted by atomic mass is 9.92. The van der Waals surface area contributed by atoms with Crippen LogP contribution in [-0.2, 0) is 22.4 Å². The number of rotatable bonds is 8. The molecule has 0 saturated heterocycles. The first-order valence-electron chi connectivity index (χ1n) is 11.9. The first kappa shape index (κ1) is 29.0. The molecule has 0 bridgehead atoms. The Hall–Kier alpha value is -2.99. The normalized spacial score (nSPS) is 14.0. The third kappa shape index (κ3) is 5.41. The molecule has 0 aliphatic carbocycles. The Morgan fingerprint density at radius 2 is 1.72 bits per heavy atom. The van der Waals surface area contributed by atoms with Crippen molar-refractivity contribution in [3.05, 3.63) is 69.3 Å². The van der Waals surface area contributed by atoms with Gasteiger partial charge in [0.05, 0.1) is 16.4 Å². The van der Waals surface area contributed by atoms with E-state index in [4.69, 9.17) is 0 Å². The number of benzene rings is 2. The van der Waals surface area contributed by atoms with Gasteiger partial charge in [0.25, 0.3) is 5.91 Å². The Labute approximate surface area is 231 Å². The van der Waals surface area contributed by atoms with Crippen molar-refractivity contribution < 1.29 is 32.3 Å². The van der Waals surface area contributed by atoms with Crippen LogP contribution in [0.3, 0.4) is 0 Å². The van der Waals surface area contributed by atoms with Gasteiger partial charge in [0, 0.05) is 35.5 Å². The molecule has 14 heteroatoms. The van der Waals surface area contributed by atoms with Crippen molar-refractivity contribution in [1.82, 2.24) is 14.9 Å². The lowest BCUT2D eigenvalue weighted by Crippen LogP contribution is -2.24. The molecule has 4 N–H and O–H groups in total. The zero-order chi connectivity index (χ0) is 28.8. The fourth-order valence-corrected chi connectivity index (χ4v) is 6.49. The van der Waals surface area contributed by atoms with Crippen LogP contribution in [0.25, 0.3) is 0 Å². The molecule has 1 aromatic heterocycles. The molecule has 0 fully saturated rings. The smallest absolute Gasteiger partial charge is 0.339 e. The van der Waals surface area contributed by atoms with Gasteiger partial charge >= 0.3 is 13.8 Å². The van der Waals surface area contributed by atoms with Gasteiger partial charge < -0.3 is 25.3 Å². The average Bonchev–Trinajstić information content (AvgIpc) is 3.17. The van der Waals surface area contributed by atoms with Crippen LogP contribution < -0.4 is 10.6 Å². The summed E-state index contributed by atoms with van der Waals surface area (Å²) >= 11 is 3.39. The average molecular weight is 628 g/mol. The molecule has 3 aromatic rings. The highest BCUT2D eigenvalue weighted by molar-refractivity contribution is 9.10. The number of nitrogens with zero attached hydrogens (tertiary/aromatic N) is 3. The maximum atomic E-state index is 13.8. The molecule has 0 atom stereocenters. The van der Waals surface area contributed by atoms with Crippen molar-refractivity contribution in [2.75, 3.05) is 17.7 Å². The van der Waals surface area contributed by atoms with E-state index in [1.807, 2.05) is 0 Å². The number of fused-ring (bicyclic) bond motifs is 1. The third-order valence-electron chi connectivity index (χ3n) is 6.96. The van der Waals surface area contributed by atoms with Crippen LogP contribution in [0, 0.1) is 0 Å². The molecule has 2 heterocycles. The maximum Gasteiger partial charge on any atom is 0.421 e. The molecule has 2 aromatic carbocycles. The Morgan fingerprint density at radius 1 is 1.08 bits per heavy atom. The van der Waals surface area contributed by atoms with Crippen LogP contribution in [0.5, 0.6) is 0 Å². The summed E-state index contributed by atoms with van der Waals surface area (Å²) in [6, 6.07) is 9.37. The second-order valence-corrected chi connectivity index (χ2v) is 12.0. The first-order valence-corrected chi connectivity index (χ1v) is 14.3. The number of hydrogen-bond donors (Lipinski definition) is 4. The number of aromatic nitrogens is 2. The van der Waals surface area contributed by atoms with Crippen LogP contribution in [0.15, 0.2) is 47.1 Å². The molecule has 0 unspecified atom stereocenters. The second kappa shape index (κ2) is 10.5. The molecule has 0 spiro atoms. The number of halogens is 4. The van der Waals surface area contributed by atoms with E-state index >= 15 is 0 Å². The molecule has 39 heavy (non-hydrogen) atoms. The zero-order valence-corrected chi connectivity index (χ0v) is 23.7. The molecule has 0 radical (unpaired) electrons. The van der Waals surface area contributed by atoms with Crippen LogP contribution >= 0.6 is 23.5 Å². The summed E-state index contributed by atoms with van der Waals surface area (Å²) in [5.74, 6) is -1.02. The molecule has 4 rings (SSSR count). The number of alkyl halides is 3. The van der Waals surface area contributed by atoms with E-state index in [1.54, 1.807) is 51.2 Å². The summed E-state index contributed by atoms with van der Waals surface area (Å²) in [5.41, 5.74) is 0.813. The van der Waals surface area contributed by atoms with Crippen LogP contribution in [0.1, 0.15) is 53.7 Å². The van der Waals surface area contributed by atoms with Gasteiger partial charge in [-0.1, -0.05) is 41.9 Å². The monoisotopic (exact) mass is 627 g/mol. The number of anilines is 4. The van der Waals surface area contributed by atoms with E-state index in [0.717, 1.165) is 0 Å². The number of amides is 1. The van der Waals surface area contributed by atoms with E-state index in [0.29, 0.717) is 34.0 Å². The minimum Gasteiger partial charge on any atom is -0.339 e. The van der Waals surface area contributed by atoms with Gasteiger partial charge in [-0.15, -0.1) is 0 Å². The van der Waals surface area contributed by atoms with E-state index in [9.17, 15) is 32.3 Å². The standard InChI is InChI=1S/C25H26BrF3N5O4P/c1-4-24(5-2,39(36,37)38)14-6-8-15(9-7-14)31-23-30-12-17(25(27,28)29)21(33-23)32-19-11-10-18(26)16-13-34(3)22(35)20(16)19/h6-12H,4-5,13H2,1-3H3,(H2,36,37,38)(H2,30,31,32,33). The number of carbonyl (C=O) groups is 1. The number of hydrogen-bond acceptors (Lipinski definition) is 6. The SMILES string of the molecule is CCC(CC)(c1ccc(Nc2ncc(C(F)(F)F)c(Nc3ccc(Br)c4c3C(=O)N(C)C4)n2)cc1)P(=O)(O)O. The fourth-order valence-electron chi connectivity index (χ4n) is 4.73. The van der Waals surface area contributed by atoms with Crippen molar-refractivity contribution in [3.63, 3.8) is 0 Å². The largest absolute Gasteiger partial charge is 0.421 e. The molecule has 9 nitrogen and oxygen atoms in total. The summed E-state index contributed by atoms with van der Waals surface area (Å²) in [7, 11) is -2.88. The molecular weight excluding hydrogens is 602 g/mol. The molecule has 1 aliphatic rings. The lowest BCUT2D eigenvalue weighted by molar-refractivity contribution is -0.137. The third-order valence-corrected chi connectivity index (χ3v) is 9.71. The summed E-state index contributed by atoms with van der Waals surface area (Å²) < 4.78 is 54.4. The summed E-state index contributed by atoms with van der Waals surface area (Å²) in [6.07, 6.45) is -3.69. The molecule has 208 valence electrons. The second-order valence-electron chi connectivity index (χ2n) is 9.17. The van der Waals surface area contributed by atoms with Crippen LogP contribution in [0.2, 0.25) is 0 Å². The van der Waals surface area contributed by atoms with E-state index < -0.39 is 30.3 Å². The predicted molar refractivity (Wildman–Crippen MR) is 144 cm³/mol. The van der Waals surface area contributed by atoms with Crippen molar-refractivity contribution >= 4 is 52.6 Å². The van der Waals surface area contributed by atoms with E-state index in [2.05, 4.69) is 36.5 Å². The zero-order valence-electron chi connectivity index (χ0n) is 21.2. The van der Waals surface area contributed by atoms with Gasteiger partial charge in [-0.05, 0) is 42.7 Å². The van der Waals surface area contributed by atoms with Gasteiger partial charge in [-0.2, -0.15) is 18.2 Å². The number of carbonyl (C=O) groups excluding carboxylic acids is 1. The number of nitrogens with one attached hydrogen (secondary N) is 2. The van der Waals surface area contributed by atoms with Gasteiger partial charge in [0.1, 0.15) is 11.4 Å². The highest BCUT2D eigenvalue weighted by Crippen LogP contribution is 2.60. The highest BCUT2D eigenvalue weighted by Gasteiger charge is 2.45. The predicted octanol–water partition coefficient (Wildman–Crippen LogP) is 6.52. The minimum absolute atomic E-state index is 0.150. The summed E-state index contributed by atoms with van der Waals surface area (Å²) in [5, 5.41) is 4.17. The molecule has 1 aliphatic heterocycles. The quantitative estimate of drug-likeness (QED) is 0.208. The Morgan fingerprint density at radius 3 is 2.28 bits per heavy atom. The van der Waals surface area contributed by atoms with Crippen LogP contribution in [-0.4, -0.2) is 37.6 Å². The maximum absolute atomic E-state index is 13.8. The van der Waals surface area contributed by atoms with Crippen molar-refractivity contribution in [2.24, 2.45) is 0 Å². The van der Waals surface area contributed by atoms with E-state index in [1.165, 1.54) is 11.0 Å². The van der Waals surface area contributed by atoms with Crippen LogP contribution in [0.4, 0.5) is 36.3 Å². The first-order chi connectivity index (χ1) is 18.2. The molecular formula is C25H26BrF3N5O4P. The van der Waals surface area contributed by atoms with E-state index in [-0.39, 0.29) is 35.9 Å². The van der Waals surface area contributed by atoms with Gasteiger partial charge in [-0.3, -0.25) is 9.36 Å². The van der Waals surface area contributed by atoms with Crippen molar-refractivity contribution in [2.45, 2.75) is 44.6 Å². The summed E-state index contributed by atoms with van der Waals surface area (Å²) in [4.78, 5) is 42.0. The Bertz CT molecular complexity index is 1460. The fraction of sp³-hybridized carbons (Fsp3) is 0.320. The Kier molecular flexibility index (Phi) is 7.83. The van der Waals surface area contributed by atoms with Gasteiger partial charge in [-0.25, -0.2) is 4.98 Å². The molecule has 0 saturated carbocycles. The topological polar surface area (TPSA) is 128 Å². The summed E-state index contributed by atoms with van der Waals surface area (Å²) in [6.45, 7) is 3.71. The van der Waals surface area contributed by atoms with Gasteiger partial charge in [0.15, 0.2) is 0 Å². The Balaban J connectivity index is 1.68. The molecule has 1 amide bonds. The van der Waals surface area contributed by atoms with Crippen molar-refractivity contribution in [1.29, 1.82) is 0 Å². The van der Waals surface area contributed by atoms with Gasteiger partial charge in [0.2, 0.25) is 5.95 Å².